The lowest BCUT2D eigenvalue weighted by molar-refractivity contribution is -0.124. The Labute approximate surface area is 214 Å². The van der Waals surface area contributed by atoms with Gasteiger partial charge in [0.25, 0.3) is 5.91 Å². The number of nitrogens with one attached hydrogen (secondary N) is 1. The number of amides is 1. The van der Waals surface area contributed by atoms with Crippen molar-refractivity contribution in [2.24, 2.45) is 4.99 Å². The summed E-state index contributed by atoms with van der Waals surface area (Å²) in [5, 5.41) is 13.3. The Kier molecular flexibility index (Phi) is 9.47. The zero-order chi connectivity index (χ0) is 26.3. The first-order valence-corrected chi connectivity index (χ1v) is 14.5. The molecular weight excluding hydrogens is 478 g/mol. The van der Waals surface area contributed by atoms with Crippen molar-refractivity contribution in [2.45, 2.75) is 90.5 Å². The van der Waals surface area contributed by atoms with Gasteiger partial charge in [-0.05, 0) is 68.0 Å². The molecule has 0 saturated carbocycles. The summed E-state index contributed by atoms with van der Waals surface area (Å²) < 4.78 is 27.4. The number of aromatic carboxylic acids is 1. The molecule has 198 valence electrons. The summed E-state index contributed by atoms with van der Waals surface area (Å²) in [6.07, 6.45) is 11.4. The molecular formula is C27H39N3O5S. The lowest BCUT2D eigenvalue weighted by Gasteiger charge is -2.34. The van der Waals surface area contributed by atoms with Crippen LogP contribution in [0.2, 0.25) is 0 Å². The molecule has 2 aliphatic rings. The topological polar surface area (TPSA) is 116 Å². The lowest BCUT2D eigenvalue weighted by Crippen LogP contribution is -2.50. The van der Waals surface area contributed by atoms with Gasteiger partial charge >= 0.3 is 5.97 Å². The van der Waals surface area contributed by atoms with E-state index in [1.54, 1.807) is 13.8 Å². The summed E-state index contributed by atoms with van der Waals surface area (Å²) in [6, 6.07) is 3.07. The second-order valence-corrected chi connectivity index (χ2v) is 11.8. The highest BCUT2D eigenvalue weighted by atomic mass is 32.2. The van der Waals surface area contributed by atoms with Crippen LogP contribution in [0.1, 0.15) is 98.2 Å². The van der Waals surface area contributed by atoms with Gasteiger partial charge in [0.15, 0.2) is 0 Å². The maximum absolute atomic E-state index is 13.0. The monoisotopic (exact) mass is 517 g/mol. The number of carbonyl (C=O) groups is 2. The first-order chi connectivity index (χ1) is 17.1. The number of hydrogen-bond donors (Lipinski definition) is 2. The van der Waals surface area contributed by atoms with Crippen molar-refractivity contribution >= 4 is 33.8 Å². The van der Waals surface area contributed by atoms with E-state index in [2.05, 4.69) is 12.2 Å². The standard InChI is InChI=1S/C27H39N3O5S/c1-4-5-6-7-8-9-10-11-24-28-26(33)27(29-24)13-15-30(16-14-27)36(34,35)17-12-23-20(2)18-22(25(31)32)19-21(23)3/h12,17-19H,4-11,13-16H2,1-3H3,(H,31,32)(H,28,29,33). The Bertz CT molecular complexity index is 1110. The third-order valence-electron chi connectivity index (χ3n) is 7.20. The molecule has 0 unspecified atom stereocenters. The predicted octanol–water partition coefficient (Wildman–Crippen LogP) is 4.81. The Balaban J connectivity index is 1.57. The molecule has 2 aliphatic heterocycles. The molecule has 1 fully saturated rings. The molecule has 1 aromatic carbocycles. The Hall–Kier alpha value is -2.52. The maximum Gasteiger partial charge on any atom is 0.335 e. The van der Waals surface area contributed by atoms with Crippen LogP contribution in [0.5, 0.6) is 0 Å². The van der Waals surface area contributed by atoms with Gasteiger partial charge in [-0.15, -0.1) is 0 Å². The van der Waals surface area contributed by atoms with E-state index in [4.69, 9.17) is 4.99 Å². The van der Waals surface area contributed by atoms with E-state index >= 15 is 0 Å². The van der Waals surface area contributed by atoms with Gasteiger partial charge in [-0.25, -0.2) is 13.2 Å². The number of unbranched alkanes of at least 4 members (excludes halogenated alkanes) is 6. The summed E-state index contributed by atoms with van der Waals surface area (Å²) in [5.74, 6) is -0.394. The van der Waals surface area contributed by atoms with Gasteiger partial charge in [0, 0.05) is 24.9 Å². The Morgan fingerprint density at radius 1 is 1.08 bits per heavy atom. The summed E-state index contributed by atoms with van der Waals surface area (Å²) in [7, 11) is -3.69. The van der Waals surface area contributed by atoms with Crippen molar-refractivity contribution in [1.82, 2.24) is 9.62 Å². The van der Waals surface area contributed by atoms with Crippen LogP contribution in [0, 0.1) is 13.8 Å². The summed E-state index contributed by atoms with van der Waals surface area (Å²) in [6.45, 7) is 6.18. The van der Waals surface area contributed by atoms with E-state index < -0.39 is 21.5 Å². The Morgan fingerprint density at radius 3 is 2.25 bits per heavy atom. The van der Waals surface area contributed by atoms with E-state index in [0.29, 0.717) is 29.5 Å². The van der Waals surface area contributed by atoms with E-state index in [9.17, 15) is 23.1 Å². The van der Waals surface area contributed by atoms with E-state index in [0.717, 1.165) is 25.1 Å². The zero-order valence-corrected chi connectivity index (χ0v) is 22.5. The van der Waals surface area contributed by atoms with Gasteiger partial charge < -0.3 is 10.4 Å². The van der Waals surface area contributed by atoms with Crippen LogP contribution in [-0.2, 0) is 14.8 Å². The smallest absolute Gasteiger partial charge is 0.335 e. The molecule has 1 saturated heterocycles. The van der Waals surface area contributed by atoms with Crippen molar-refractivity contribution in [1.29, 1.82) is 0 Å². The van der Waals surface area contributed by atoms with Crippen LogP contribution >= 0.6 is 0 Å². The van der Waals surface area contributed by atoms with E-state index in [1.807, 2.05) is 0 Å². The number of sulfonamides is 1. The largest absolute Gasteiger partial charge is 0.478 e. The summed E-state index contributed by atoms with van der Waals surface area (Å²) in [5.41, 5.74) is 1.40. The fourth-order valence-corrected chi connectivity index (χ4v) is 6.17. The van der Waals surface area contributed by atoms with Crippen LogP contribution < -0.4 is 5.32 Å². The van der Waals surface area contributed by atoms with Gasteiger partial charge in [-0.2, -0.15) is 4.31 Å². The number of carbonyl (C=O) groups excluding carboxylic acids is 1. The number of amidine groups is 1. The predicted molar refractivity (Wildman–Crippen MR) is 143 cm³/mol. The molecule has 1 spiro atoms. The minimum absolute atomic E-state index is 0.113. The third kappa shape index (κ3) is 6.82. The Morgan fingerprint density at radius 2 is 1.67 bits per heavy atom. The molecule has 0 aliphatic carbocycles. The van der Waals surface area contributed by atoms with Gasteiger partial charge in [0.2, 0.25) is 10.0 Å². The molecule has 1 aromatic rings. The van der Waals surface area contributed by atoms with E-state index in [1.165, 1.54) is 60.0 Å². The molecule has 2 N–H and O–H groups in total. The number of carboxylic acid groups (broad SMARTS) is 1. The molecule has 0 radical (unpaired) electrons. The van der Waals surface area contributed by atoms with Crippen LogP contribution in [0.3, 0.4) is 0 Å². The maximum atomic E-state index is 13.0. The van der Waals surface area contributed by atoms with Gasteiger partial charge in [-0.1, -0.05) is 45.4 Å². The number of benzene rings is 1. The molecule has 0 aromatic heterocycles. The van der Waals surface area contributed by atoms with Crippen molar-refractivity contribution in [3.05, 3.63) is 39.8 Å². The van der Waals surface area contributed by atoms with Crippen molar-refractivity contribution in [3.8, 4) is 0 Å². The van der Waals surface area contributed by atoms with Gasteiger partial charge in [0.1, 0.15) is 11.4 Å². The fourth-order valence-electron chi connectivity index (χ4n) is 5.00. The number of rotatable bonds is 12. The normalized spacial score (nSPS) is 18.1. The van der Waals surface area contributed by atoms with Crippen LogP contribution in [-0.4, -0.2) is 54.2 Å². The average molecular weight is 518 g/mol. The molecule has 9 heteroatoms. The average Bonchev–Trinajstić information content (AvgIpc) is 3.12. The highest BCUT2D eigenvalue weighted by Gasteiger charge is 2.46. The zero-order valence-electron chi connectivity index (χ0n) is 21.7. The van der Waals surface area contributed by atoms with Crippen molar-refractivity contribution in [2.75, 3.05) is 13.1 Å². The van der Waals surface area contributed by atoms with Crippen LogP contribution in [0.25, 0.3) is 6.08 Å². The molecule has 0 atom stereocenters. The summed E-state index contributed by atoms with van der Waals surface area (Å²) >= 11 is 0. The number of aryl methyl sites for hydroxylation is 2. The number of piperidine rings is 1. The SMILES string of the molecule is CCCCCCCCCC1=NC2(CCN(S(=O)(=O)C=Cc3c(C)cc(C(=O)O)cc3C)CC2)C(=O)N1. The van der Waals surface area contributed by atoms with Crippen LogP contribution in [0.4, 0.5) is 0 Å². The van der Waals surface area contributed by atoms with Gasteiger partial charge in [0.05, 0.1) is 5.56 Å². The second kappa shape index (κ2) is 12.1. The first kappa shape index (κ1) is 28.1. The quantitative estimate of drug-likeness (QED) is 0.386. The minimum Gasteiger partial charge on any atom is -0.478 e. The molecule has 36 heavy (non-hydrogen) atoms. The third-order valence-corrected chi connectivity index (χ3v) is 8.77. The second-order valence-electron chi connectivity index (χ2n) is 9.99. The lowest BCUT2D eigenvalue weighted by atomic mass is 9.89. The van der Waals surface area contributed by atoms with Crippen molar-refractivity contribution < 1.29 is 23.1 Å². The number of carboxylic acids is 1. The molecule has 3 rings (SSSR count). The van der Waals surface area contributed by atoms with Gasteiger partial charge in [-0.3, -0.25) is 9.79 Å². The molecule has 1 amide bonds. The fraction of sp³-hybridized carbons (Fsp3) is 0.593. The number of aliphatic imine (C=N–C) groups is 1. The summed E-state index contributed by atoms with van der Waals surface area (Å²) in [4.78, 5) is 28.7. The number of nitrogens with zero attached hydrogens (tertiary/aromatic N) is 2. The molecule has 0 bridgehead atoms. The van der Waals surface area contributed by atoms with E-state index in [-0.39, 0.29) is 24.6 Å². The minimum atomic E-state index is -3.69. The number of hydrogen-bond acceptors (Lipinski definition) is 5. The first-order valence-electron chi connectivity index (χ1n) is 13.0. The van der Waals surface area contributed by atoms with Crippen LogP contribution in [0.15, 0.2) is 22.5 Å². The molecule has 2 heterocycles. The van der Waals surface area contributed by atoms with Crippen molar-refractivity contribution in [3.63, 3.8) is 0 Å². The highest BCUT2D eigenvalue weighted by molar-refractivity contribution is 7.92. The molecule has 8 nitrogen and oxygen atoms in total. The highest BCUT2D eigenvalue weighted by Crippen LogP contribution is 2.32.